The molecule has 0 unspecified atom stereocenters. The summed E-state index contributed by atoms with van der Waals surface area (Å²) in [6.07, 6.45) is 1.43. The summed E-state index contributed by atoms with van der Waals surface area (Å²) in [7, 11) is 1.60. The molecule has 4 rings (SSSR count). The van der Waals surface area contributed by atoms with Crippen LogP contribution in [0.3, 0.4) is 0 Å². The minimum atomic E-state index is -0.328. The van der Waals surface area contributed by atoms with Gasteiger partial charge in [-0.15, -0.1) is 5.10 Å². The maximum atomic E-state index is 12.1. The van der Waals surface area contributed by atoms with Gasteiger partial charge in [0.15, 0.2) is 11.2 Å². The number of aromatic nitrogens is 5. The minimum absolute atomic E-state index is 0.116. The molecule has 0 atom stereocenters. The van der Waals surface area contributed by atoms with Gasteiger partial charge in [0.1, 0.15) is 23.7 Å². The second kappa shape index (κ2) is 8.70. The van der Waals surface area contributed by atoms with Gasteiger partial charge in [0.05, 0.1) is 18.6 Å². The van der Waals surface area contributed by atoms with E-state index in [1.54, 1.807) is 11.8 Å². The third kappa shape index (κ3) is 4.35. The first kappa shape index (κ1) is 18.9. The number of carbonyl (C=O) groups is 1. The molecule has 2 aromatic heterocycles. The van der Waals surface area contributed by atoms with Gasteiger partial charge in [0, 0.05) is 6.07 Å². The van der Waals surface area contributed by atoms with Crippen molar-refractivity contribution in [2.24, 2.45) is 0 Å². The number of nitrogens with zero attached hydrogens (tertiary/aromatic N) is 5. The van der Waals surface area contributed by atoms with Gasteiger partial charge in [-0.3, -0.25) is 4.79 Å². The molecule has 0 radical (unpaired) electrons. The lowest BCUT2D eigenvalue weighted by Gasteiger charge is -2.05. The molecule has 0 saturated carbocycles. The smallest absolute Gasteiger partial charge is 0.316 e. The van der Waals surface area contributed by atoms with Crippen LogP contribution in [0.15, 0.2) is 66.0 Å². The third-order valence-electron chi connectivity index (χ3n) is 4.07. The highest BCUT2D eigenvalue weighted by atomic mass is 32.2. The van der Waals surface area contributed by atoms with Crippen LogP contribution in [0.2, 0.25) is 0 Å². The van der Waals surface area contributed by atoms with Crippen molar-refractivity contribution >= 4 is 28.9 Å². The van der Waals surface area contributed by atoms with Gasteiger partial charge in [-0.1, -0.05) is 53.4 Å². The van der Waals surface area contributed by atoms with Crippen LogP contribution in [-0.4, -0.2) is 43.8 Å². The number of hydrogen-bond donors (Lipinski definition) is 0. The van der Waals surface area contributed by atoms with Crippen molar-refractivity contribution in [1.82, 2.24) is 25.0 Å². The highest BCUT2D eigenvalue weighted by Crippen LogP contribution is 2.25. The van der Waals surface area contributed by atoms with Crippen LogP contribution >= 0.6 is 11.8 Å². The Kier molecular flexibility index (Phi) is 5.66. The van der Waals surface area contributed by atoms with Crippen LogP contribution < -0.4 is 4.74 Å². The van der Waals surface area contributed by atoms with Gasteiger partial charge >= 0.3 is 5.97 Å². The zero-order valence-electron chi connectivity index (χ0n) is 15.6. The highest BCUT2D eigenvalue weighted by Gasteiger charge is 2.15. The van der Waals surface area contributed by atoms with Gasteiger partial charge in [0.2, 0.25) is 0 Å². The number of carbonyl (C=O) groups excluding carboxylic acids is 1. The standard InChI is InChI=1S/C20H17N5O3S/c1-27-16-9-5-8-15(10-16)25-19-18(23-24-25)20(22-13-21-19)29-12-17(26)28-11-14-6-3-2-4-7-14/h2-10,13H,11-12H2,1H3. The van der Waals surface area contributed by atoms with E-state index in [2.05, 4.69) is 20.3 Å². The molecule has 29 heavy (non-hydrogen) atoms. The molecule has 4 aromatic rings. The van der Waals surface area contributed by atoms with Crippen LogP contribution in [0, 0.1) is 0 Å². The largest absolute Gasteiger partial charge is 0.497 e. The van der Waals surface area contributed by atoms with E-state index in [0.29, 0.717) is 21.9 Å². The number of hydrogen-bond acceptors (Lipinski definition) is 8. The van der Waals surface area contributed by atoms with Crippen LogP contribution in [0.1, 0.15) is 5.56 Å². The molecule has 2 aromatic carbocycles. The number of esters is 1. The average molecular weight is 407 g/mol. The summed E-state index contributed by atoms with van der Waals surface area (Å²) in [4.78, 5) is 20.6. The van der Waals surface area contributed by atoms with Crippen LogP contribution in [0.5, 0.6) is 5.75 Å². The zero-order valence-corrected chi connectivity index (χ0v) is 16.4. The van der Waals surface area contributed by atoms with Crippen molar-refractivity contribution in [1.29, 1.82) is 0 Å². The van der Waals surface area contributed by atoms with E-state index in [1.165, 1.54) is 18.1 Å². The van der Waals surface area contributed by atoms with Crippen LogP contribution in [-0.2, 0) is 16.1 Å². The number of methoxy groups -OCH3 is 1. The van der Waals surface area contributed by atoms with Gasteiger partial charge in [-0.2, -0.15) is 4.68 Å². The molecule has 0 fully saturated rings. The Morgan fingerprint density at radius 3 is 2.79 bits per heavy atom. The lowest BCUT2D eigenvalue weighted by Crippen LogP contribution is -2.07. The van der Waals surface area contributed by atoms with Crippen molar-refractivity contribution in [3.63, 3.8) is 0 Å². The van der Waals surface area contributed by atoms with Crippen LogP contribution in [0.25, 0.3) is 16.9 Å². The average Bonchev–Trinajstić information content (AvgIpc) is 3.22. The second-order valence-electron chi connectivity index (χ2n) is 5.99. The monoisotopic (exact) mass is 407 g/mol. The normalized spacial score (nSPS) is 10.8. The second-order valence-corrected chi connectivity index (χ2v) is 6.95. The minimum Gasteiger partial charge on any atom is -0.497 e. The Labute approximate surface area is 170 Å². The summed E-state index contributed by atoms with van der Waals surface area (Å²) >= 11 is 1.24. The van der Waals surface area contributed by atoms with E-state index >= 15 is 0 Å². The van der Waals surface area contributed by atoms with Crippen molar-refractivity contribution in [2.75, 3.05) is 12.9 Å². The molecule has 0 aliphatic rings. The summed E-state index contributed by atoms with van der Waals surface area (Å²) in [5, 5.41) is 8.95. The first-order chi connectivity index (χ1) is 14.2. The van der Waals surface area contributed by atoms with Gasteiger partial charge in [0.25, 0.3) is 0 Å². The summed E-state index contributed by atoms with van der Waals surface area (Å²) in [5.74, 6) is 0.493. The van der Waals surface area contributed by atoms with E-state index in [0.717, 1.165) is 11.3 Å². The van der Waals surface area contributed by atoms with E-state index < -0.39 is 0 Å². The molecule has 0 bridgehead atoms. The molecule has 9 heteroatoms. The van der Waals surface area contributed by atoms with E-state index in [9.17, 15) is 4.79 Å². The first-order valence-corrected chi connectivity index (χ1v) is 9.76. The Balaban J connectivity index is 1.47. The fourth-order valence-corrected chi connectivity index (χ4v) is 3.39. The molecular weight excluding hydrogens is 390 g/mol. The lowest BCUT2D eigenvalue weighted by molar-refractivity contribution is -0.141. The molecule has 0 spiro atoms. The van der Waals surface area contributed by atoms with Gasteiger partial charge in [-0.05, 0) is 17.7 Å². The predicted molar refractivity (Wildman–Crippen MR) is 108 cm³/mol. The third-order valence-corrected chi connectivity index (χ3v) is 5.02. The van der Waals surface area contributed by atoms with Crippen LogP contribution in [0.4, 0.5) is 0 Å². The molecule has 0 aliphatic carbocycles. The van der Waals surface area contributed by atoms with Crippen molar-refractivity contribution < 1.29 is 14.3 Å². The quantitative estimate of drug-likeness (QED) is 0.262. The Morgan fingerprint density at radius 1 is 1.10 bits per heavy atom. The van der Waals surface area contributed by atoms with E-state index in [-0.39, 0.29) is 18.3 Å². The molecule has 2 heterocycles. The molecule has 8 nitrogen and oxygen atoms in total. The Morgan fingerprint density at radius 2 is 1.97 bits per heavy atom. The number of ether oxygens (including phenoxy) is 2. The molecule has 0 aliphatic heterocycles. The predicted octanol–water partition coefficient (Wildman–Crippen LogP) is 3.05. The Bertz CT molecular complexity index is 1130. The molecule has 0 N–H and O–H groups in total. The Hall–Kier alpha value is -3.46. The number of benzene rings is 2. The maximum Gasteiger partial charge on any atom is 0.316 e. The number of thioether (sulfide) groups is 1. The molecule has 0 saturated heterocycles. The summed E-state index contributed by atoms with van der Waals surface area (Å²) in [5.41, 5.74) is 2.78. The maximum absolute atomic E-state index is 12.1. The summed E-state index contributed by atoms with van der Waals surface area (Å²) in [6, 6.07) is 17.0. The fourth-order valence-electron chi connectivity index (χ4n) is 2.66. The summed E-state index contributed by atoms with van der Waals surface area (Å²) < 4.78 is 12.2. The van der Waals surface area contributed by atoms with Crippen molar-refractivity contribution in [2.45, 2.75) is 11.6 Å². The molecule has 146 valence electrons. The highest BCUT2D eigenvalue weighted by molar-refractivity contribution is 8.00. The first-order valence-electron chi connectivity index (χ1n) is 8.78. The molecule has 0 amide bonds. The van der Waals surface area contributed by atoms with Gasteiger partial charge in [-0.25, -0.2) is 9.97 Å². The molecular formula is C20H17N5O3S. The van der Waals surface area contributed by atoms with Gasteiger partial charge < -0.3 is 9.47 Å². The lowest BCUT2D eigenvalue weighted by atomic mass is 10.2. The number of rotatable bonds is 7. The SMILES string of the molecule is COc1cccc(-n2nnc3c(SCC(=O)OCc4ccccc4)ncnc32)c1. The summed E-state index contributed by atoms with van der Waals surface area (Å²) in [6.45, 7) is 0.242. The van der Waals surface area contributed by atoms with Crippen molar-refractivity contribution in [3.8, 4) is 11.4 Å². The number of fused-ring (bicyclic) bond motifs is 1. The fraction of sp³-hybridized carbons (Fsp3) is 0.150. The topological polar surface area (TPSA) is 92.0 Å². The van der Waals surface area contributed by atoms with E-state index in [4.69, 9.17) is 9.47 Å². The zero-order chi connectivity index (χ0) is 20.1. The van der Waals surface area contributed by atoms with E-state index in [1.807, 2.05) is 54.6 Å². The van der Waals surface area contributed by atoms with Crippen molar-refractivity contribution in [3.05, 3.63) is 66.5 Å².